The summed E-state index contributed by atoms with van der Waals surface area (Å²) in [5, 5.41) is 9.51. The summed E-state index contributed by atoms with van der Waals surface area (Å²) in [5.41, 5.74) is 2.18. The van der Waals surface area contributed by atoms with Crippen LogP contribution in [0.3, 0.4) is 0 Å². The zero-order valence-electron chi connectivity index (χ0n) is 8.32. The second-order valence-corrected chi connectivity index (χ2v) is 3.96. The summed E-state index contributed by atoms with van der Waals surface area (Å²) in [6, 6.07) is 7.86. The standard InChI is InChI=1S/C12H13BrO2/c13-9-3-6-10-4-1-2-5-11(10)7-8-12(14)15/h1-2,4-5,7-8H,3,6,9H2,(H,14,15)/b8-7+. The number of hydrogen-bond acceptors (Lipinski definition) is 1. The van der Waals surface area contributed by atoms with Crippen LogP contribution in [0, 0.1) is 0 Å². The Kier molecular flexibility index (Phi) is 5.12. The highest BCUT2D eigenvalue weighted by molar-refractivity contribution is 9.09. The van der Waals surface area contributed by atoms with E-state index in [1.165, 1.54) is 11.6 Å². The van der Waals surface area contributed by atoms with Crippen molar-refractivity contribution in [3.63, 3.8) is 0 Å². The third-order valence-electron chi connectivity index (χ3n) is 2.04. The fourth-order valence-electron chi connectivity index (χ4n) is 1.34. The molecule has 0 aromatic heterocycles. The average molecular weight is 269 g/mol. The van der Waals surface area contributed by atoms with Crippen LogP contribution < -0.4 is 0 Å². The van der Waals surface area contributed by atoms with Gasteiger partial charge in [0.1, 0.15) is 0 Å². The van der Waals surface area contributed by atoms with Crippen molar-refractivity contribution in [3.05, 3.63) is 41.5 Å². The topological polar surface area (TPSA) is 37.3 Å². The van der Waals surface area contributed by atoms with Crippen molar-refractivity contribution < 1.29 is 9.90 Å². The van der Waals surface area contributed by atoms with E-state index in [0.29, 0.717) is 0 Å². The van der Waals surface area contributed by atoms with Gasteiger partial charge in [-0.25, -0.2) is 4.79 Å². The van der Waals surface area contributed by atoms with Crippen LogP contribution in [0.4, 0.5) is 0 Å². The van der Waals surface area contributed by atoms with Gasteiger partial charge in [0.05, 0.1) is 0 Å². The Bertz CT molecular complexity index is 358. The number of carboxylic acids is 1. The second kappa shape index (κ2) is 6.40. The molecule has 0 spiro atoms. The molecule has 3 heteroatoms. The number of halogens is 1. The third kappa shape index (κ3) is 4.30. The molecule has 0 radical (unpaired) electrons. The molecule has 0 aliphatic carbocycles. The highest BCUT2D eigenvalue weighted by Gasteiger charge is 1.98. The molecule has 2 nitrogen and oxygen atoms in total. The lowest BCUT2D eigenvalue weighted by atomic mass is 10.0. The molecule has 0 saturated heterocycles. The van der Waals surface area contributed by atoms with Crippen molar-refractivity contribution in [1.29, 1.82) is 0 Å². The van der Waals surface area contributed by atoms with Gasteiger partial charge in [-0.2, -0.15) is 0 Å². The van der Waals surface area contributed by atoms with Crippen LogP contribution in [0.25, 0.3) is 6.08 Å². The molecule has 0 aliphatic rings. The maximum Gasteiger partial charge on any atom is 0.328 e. The summed E-state index contributed by atoms with van der Waals surface area (Å²) in [5.74, 6) is -0.912. The molecular weight excluding hydrogens is 256 g/mol. The lowest BCUT2D eigenvalue weighted by molar-refractivity contribution is -0.131. The number of aryl methyl sites for hydroxylation is 1. The zero-order chi connectivity index (χ0) is 11.1. The SMILES string of the molecule is O=C(O)/C=C/c1ccccc1CCCBr. The number of hydrogen-bond donors (Lipinski definition) is 1. The van der Waals surface area contributed by atoms with Crippen molar-refractivity contribution in [2.75, 3.05) is 5.33 Å². The van der Waals surface area contributed by atoms with Gasteiger partial charge in [0.15, 0.2) is 0 Å². The van der Waals surface area contributed by atoms with Crippen LogP contribution in [-0.2, 0) is 11.2 Å². The van der Waals surface area contributed by atoms with E-state index < -0.39 is 5.97 Å². The molecular formula is C12H13BrO2. The molecule has 15 heavy (non-hydrogen) atoms. The summed E-state index contributed by atoms with van der Waals surface area (Å²) >= 11 is 3.38. The molecule has 1 aromatic rings. The van der Waals surface area contributed by atoms with E-state index in [4.69, 9.17) is 5.11 Å². The Morgan fingerprint density at radius 3 is 2.80 bits per heavy atom. The molecule has 0 aliphatic heterocycles. The van der Waals surface area contributed by atoms with Gasteiger partial charge in [0.25, 0.3) is 0 Å². The minimum absolute atomic E-state index is 0.912. The molecule has 1 aromatic carbocycles. The van der Waals surface area contributed by atoms with Crippen molar-refractivity contribution in [2.24, 2.45) is 0 Å². The summed E-state index contributed by atoms with van der Waals surface area (Å²) < 4.78 is 0. The zero-order valence-corrected chi connectivity index (χ0v) is 9.90. The minimum atomic E-state index is -0.912. The average Bonchev–Trinajstić information content (AvgIpc) is 2.24. The van der Waals surface area contributed by atoms with Crippen molar-refractivity contribution in [2.45, 2.75) is 12.8 Å². The van der Waals surface area contributed by atoms with Crippen LogP contribution in [0.15, 0.2) is 30.3 Å². The van der Waals surface area contributed by atoms with E-state index in [-0.39, 0.29) is 0 Å². The lowest BCUT2D eigenvalue weighted by Gasteiger charge is -2.03. The van der Waals surface area contributed by atoms with Gasteiger partial charge in [-0.3, -0.25) is 0 Å². The van der Waals surface area contributed by atoms with Crippen molar-refractivity contribution in [1.82, 2.24) is 0 Å². The fourth-order valence-corrected chi connectivity index (χ4v) is 1.62. The molecule has 0 unspecified atom stereocenters. The number of carboxylic acid groups (broad SMARTS) is 1. The van der Waals surface area contributed by atoms with Crippen LogP contribution >= 0.6 is 15.9 Å². The van der Waals surface area contributed by atoms with Crippen molar-refractivity contribution in [3.8, 4) is 0 Å². The van der Waals surface area contributed by atoms with Gasteiger partial charge in [-0.15, -0.1) is 0 Å². The molecule has 0 amide bonds. The molecule has 0 heterocycles. The highest BCUT2D eigenvalue weighted by Crippen LogP contribution is 2.13. The first kappa shape index (κ1) is 12.0. The largest absolute Gasteiger partial charge is 0.478 e. The first-order chi connectivity index (χ1) is 7.24. The van der Waals surface area contributed by atoms with E-state index in [0.717, 1.165) is 23.7 Å². The quantitative estimate of drug-likeness (QED) is 0.658. The Morgan fingerprint density at radius 2 is 2.13 bits per heavy atom. The monoisotopic (exact) mass is 268 g/mol. The van der Waals surface area contributed by atoms with Gasteiger partial charge in [-0.1, -0.05) is 40.2 Å². The summed E-state index contributed by atoms with van der Waals surface area (Å²) in [7, 11) is 0. The summed E-state index contributed by atoms with van der Waals surface area (Å²) in [6.45, 7) is 0. The van der Waals surface area contributed by atoms with E-state index in [9.17, 15) is 4.79 Å². The predicted molar refractivity (Wildman–Crippen MR) is 65.2 cm³/mol. The molecule has 80 valence electrons. The van der Waals surface area contributed by atoms with Crippen LogP contribution in [0.2, 0.25) is 0 Å². The summed E-state index contributed by atoms with van der Waals surface area (Å²) in [6.07, 6.45) is 4.84. The number of rotatable bonds is 5. The van der Waals surface area contributed by atoms with E-state index in [2.05, 4.69) is 15.9 Å². The molecule has 0 saturated carbocycles. The fraction of sp³-hybridized carbons (Fsp3) is 0.250. The van der Waals surface area contributed by atoms with Gasteiger partial charge in [-0.05, 0) is 30.0 Å². The van der Waals surface area contributed by atoms with Gasteiger partial charge >= 0.3 is 5.97 Å². The van der Waals surface area contributed by atoms with E-state index in [1.54, 1.807) is 6.08 Å². The summed E-state index contributed by atoms with van der Waals surface area (Å²) in [4.78, 5) is 10.4. The number of alkyl halides is 1. The normalized spacial score (nSPS) is 10.7. The lowest BCUT2D eigenvalue weighted by Crippen LogP contribution is -1.91. The van der Waals surface area contributed by atoms with Gasteiger partial charge in [0, 0.05) is 11.4 Å². The van der Waals surface area contributed by atoms with Crippen LogP contribution in [0.1, 0.15) is 17.5 Å². The number of aliphatic carboxylic acids is 1. The predicted octanol–water partition coefficient (Wildman–Crippen LogP) is 3.11. The first-order valence-corrected chi connectivity index (χ1v) is 5.91. The molecule has 0 atom stereocenters. The Hall–Kier alpha value is -1.09. The number of carbonyl (C=O) groups is 1. The Labute approximate surface area is 97.8 Å². The van der Waals surface area contributed by atoms with Gasteiger partial charge in [0.2, 0.25) is 0 Å². The Balaban J connectivity index is 2.81. The smallest absolute Gasteiger partial charge is 0.328 e. The van der Waals surface area contributed by atoms with Crippen molar-refractivity contribution >= 4 is 28.0 Å². The Morgan fingerprint density at radius 1 is 1.40 bits per heavy atom. The van der Waals surface area contributed by atoms with E-state index >= 15 is 0 Å². The van der Waals surface area contributed by atoms with Crippen LogP contribution in [-0.4, -0.2) is 16.4 Å². The van der Waals surface area contributed by atoms with Crippen LogP contribution in [0.5, 0.6) is 0 Å². The third-order valence-corrected chi connectivity index (χ3v) is 2.60. The molecule has 0 bridgehead atoms. The van der Waals surface area contributed by atoms with E-state index in [1.807, 2.05) is 24.3 Å². The number of benzene rings is 1. The minimum Gasteiger partial charge on any atom is -0.478 e. The second-order valence-electron chi connectivity index (χ2n) is 3.16. The maximum atomic E-state index is 10.4. The molecule has 0 fully saturated rings. The molecule has 1 N–H and O–H groups in total. The molecule has 1 rings (SSSR count). The maximum absolute atomic E-state index is 10.4. The first-order valence-electron chi connectivity index (χ1n) is 4.79. The van der Waals surface area contributed by atoms with Gasteiger partial charge < -0.3 is 5.11 Å². The highest BCUT2D eigenvalue weighted by atomic mass is 79.9.